The monoisotopic (exact) mass is 172 g/mol. The molecule has 1 fully saturated rings. The summed E-state index contributed by atoms with van der Waals surface area (Å²) < 4.78 is 0. The van der Waals surface area contributed by atoms with E-state index in [-0.39, 0.29) is 6.61 Å². The number of hydrogen-bond donors (Lipinski definition) is 1. The van der Waals surface area contributed by atoms with Gasteiger partial charge in [0.1, 0.15) is 0 Å². The molecule has 1 heteroatoms. The van der Waals surface area contributed by atoms with Crippen LogP contribution in [-0.2, 0) is 0 Å². The Labute approximate surface area is 77.2 Å². The molecular formula is C11H24O. The highest BCUT2D eigenvalue weighted by molar-refractivity contribution is 4.72. The van der Waals surface area contributed by atoms with E-state index in [0.717, 1.165) is 17.8 Å². The van der Waals surface area contributed by atoms with E-state index in [1.807, 2.05) is 0 Å². The van der Waals surface area contributed by atoms with Gasteiger partial charge in [0.2, 0.25) is 0 Å². The van der Waals surface area contributed by atoms with Gasteiger partial charge in [-0.25, -0.2) is 0 Å². The van der Waals surface area contributed by atoms with Crippen molar-refractivity contribution in [1.29, 1.82) is 0 Å². The minimum absolute atomic E-state index is 0.250. The first-order chi connectivity index (χ1) is 5.61. The average Bonchev–Trinajstić information content (AvgIpc) is 1.99. The summed E-state index contributed by atoms with van der Waals surface area (Å²) in [6.45, 7) is 9.08. The predicted octanol–water partition coefficient (Wildman–Crippen LogP) is 3.08. The lowest BCUT2D eigenvalue weighted by atomic mass is 9.77. The number of hydrogen-bond acceptors (Lipinski definition) is 1. The van der Waals surface area contributed by atoms with Gasteiger partial charge in [-0.1, -0.05) is 33.6 Å². The summed E-state index contributed by atoms with van der Waals surface area (Å²) in [6, 6.07) is 0. The van der Waals surface area contributed by atoms with Gasteiger partial charge in [0.25, 0.3) is 0 Å². The Kier molecular flexibility index (Phi) is 6.45. The van der Waals surface area contributed by atoms with Gasteiger partial charge in [0.15, 0.2) is 0 Å². The molecule has 1 rings (SSSR count). The Hall–Kier alpha value is -0.0400. The van der Waals surface area contributed by atoms with Crippen LogP contribution in [0.25, 0.3) is 0 Å². The molecule has 1 aliphatic carbocycles. The third kappa shape index (κ3) is 4.76. The Bertz CT molecular complexity index is 101. The molecule has 1 nitrogen and oxygen atoms in total. The van der Waals surface area contributed by atoms with Gasteiger partial charge in [-0.2, -0.15) is 0 Å². The van der Waals surface area contributed by atoms with Crippen LogP contribution in [0.3, 0.4) is 0 Å². The molecule has 0 aromatic heterocycles. The predicted molar refractivity (Wildman–Crippen MR) is 54.1 cm³/mol. The van der Waals surface area contributed by atoms with Crippen LogP contribution in [0.2, 0.25) is 0 Å². The van der Waals surface area contributed by atoms with Crippen molar-refractivity contribution < 1.29 is 5.11 Å². The molecule has 3 unspecified atom stereocenters. The maximum Gasteiger partial charge on any atom is 0.0402 e. The van der Waals surface area contributed by atoms with E-state index in [1.54, 1.807) is 6.92 Å². The Morgan fingerprint density at radius 2 is 1.58 bits per heavy atom. The third-order valence-corrected chi connectivity index (χ3v) is 2.86. The summed E-state index contributed by atoms with van der Waals surface area (Å²) in [6.07, 6.45) is 4.38. The summed E-state index contributed by atoms with van der Waals surface area (Å²) in [5, 5.41) is 7.57. The maximum atomic E-state index is 7.57. The van der Waals surface area contributed by atoms with Crippen LogP contribution in [0.15, 0.2) is 0 Å². The summed E-state index contributed by atoms with van der Waals surface area (Å²) in [4.78, 5) is 0. The second-order valence-corrected chi connectivity index (χ2v) is 4.19. The lowest BCUT2D eigenvalue weighted by Gasteiger charge is -2.29. The van der Waals surface area contributed by atoms with E-state index in [9.17, 15) is 0 Å². The van der Waals surface area contributed by atoms with Gasteiger partial charge in [-0.15, -0.1) is 0 Å². The first-order valence-electron chi connectivity index (χ1n) is 5.22. The second-order valence-electron chi connectivity index (χ2n) is 4.19. The smallest absolute Gasteiger partial charge is 0.0402 e. The lowest BCUT2D eigenvalue weighted by Crippen LogP contribution is -2.18. The lowest BCUT2D eigenvalue weighted by molar-refractivity contribution is 0.220. The molecule has 0 radical (unpaired) electrons. The zero-order valence-electron chi connectivity index (χ0n) is 9.01. The molecule has 12 heavy (non-hydrogen) atoms. The second kappa shape index (κ2) is 6.47. The van der Waals surface area contributed by atoms with Gasteiger partial charge in [0, 0.05) is 6.61 Å². The SMILES string of the molecule is CC1CCC(C)C(C)C1.CCO. The van der Waals surface area contributed by atoms with Gasteiger partial charge in [-0.3, -0.25) is 0 Å². The van der Waals surface area contributed by atoms with Crippen molar-refractivity contribution in [2.45, 2.75) is 47.0 Å². The standard InChI is InChI=1S/C9H18.C2H6O/c1-7-4-5-8(2)9(3)6-7;1-2-3/h7-9H,4-6H2,1-3H3;3H,2H2,1H3. The molecule has 1 N–H and O–H groups in total. The van der Waals surface area contributed by atoms with Crippen LogP contribution in [0.5, 0.6) is 0 Å². The zero-order chi connectivity index (χ0) is 9.56. The molecule has 0 saturated heterocycles. The Balaban J connectivity index is 0.000000354. The highest BCUT2D eigenvalue weighted by Crippen LogP contribution is 2.32. The molecule has 3 atom stereocenters. The minimum Gasteiger partial charge on any atom is -0.397 e. The number of aliphatic hydroxyl groups is 1. The molecule has 1 aliphatic rings. The largest absolute Gasteiger partial charge is 0.397 e. The molecule has 0 aromatic carbocycles. The molecule has 0 amide bonds. The zero-order valence-corrected chi connectivity index (χ0v) is 9.01. The average molecular weight is 172 g/mol. The summed E-state index contributed by atoms with van der Waals surface area (Å²) >= 11 is 0. The van der Waals surface area contributed by atoms with E-state index in [1.165, 1.54) is 19.3 Å². The van der Waals surface area contributed by atoms with Crippen LogP contribution in [0.4, 0.5) is 0 Å². The summed E-state index contributed by atoms with van der Waals surface area (Å²) in [5.41, 5.74) is 0. The molecule has 0 spiro atoms. The molecule has 74 valence electrons. The van der Waals surface area contributed by atoms with Crippen LogP contribution in [0.1, 0.15) is 47.0 Å². The highest BCUT2D eigenvalue weighted by Gasteiger charge is 2.20. The molecular weight excluding hydrogens is 148 g/mol. The first kappa shape index (κ1) is 12.0. The summed E-state index contributed by atoms with van der Waals surface area (Å²) in [7, 11) is 0. The fraction of sp³-hybridized carbons (Fsp3) is 1.00. The fourth-order valence-corrected chi connectivity index (χ4v) is 1.82. The van der Waals surface area contributed by atoms with Crippen molar-refractivity contribution in [2.24, 2.45) is 17.8 Å². The van der Waals surface area contributed by atoms with Crippen molar-refractivity contribution in [3.05, 3.63) is 0 Å². The van der Waals surface area contributed by atoms with E-state index in [0.29, 0.717) is 0 Å². The molecule has 0 aromatic rings. The van der Waals surface area contributed by atoms with Crippen molar-refractivity contribution in [3.8, 4) is 0 Å². The van der Waals surface area contributed by atoms with Gasteiger partial charge < -0.3 is 5.11 Å². The van der Waals surface area contributed by atoms with E-state index < -0.39 is 0 Å². The van der Waals surface area contributed by atoms with E-state index in [4.69, 9.17) is 5.11 Å². The molecule has 1 saturated carbocycles. The fourth-order valence-electron chi connectivity index (χ4n) is 1.82. The third-order valence-electron chi connectivity index (χ3n) is 2.86. The van der Waals surface area contributed by atoms with Crippen LogP contribution in [0, 0.1) is 17.8 Å². The topological polar surface area (TPSA) is 20.2 Å². The van der Waals surface area contributed by atoms with E-state index >= 15 is 0 Å². The Morgan fingerprint density at radius 1 is 1.08 bits per heavy atom. The molecule has 0 bridgehead atoms. The molecule has 0 heterocycles. The first-order valence-corrected chi connectivity index (χ1v) is 5.22. The van der Waals surface area contributed by atoms with Crippen molar-refractivity contribution >= 4 is 0 Å². The van der Waals surface area contributed by atoms with Crippen LogP contribution < -0.4 is 0 Å². The quantitative estimate of drug-likeness (QED) is 0.595. The maximum absolute atomic E-state index is 7.57. The molecule has 0 aliphatic heterocycles. The highest BCUT2D eigenvalue weighted by atomic mass is 16.2. The Morgan fingerprint density at radius 3 is 1.92 bits per heavy atom. The number of rotatable bonds is 0. The van der Waals surface area contributed by atoms with Crippen LogP contribution >= 0.6 is 0 Å². The van der Waals surface area contributed by atoms with Gasteiger partial charge >= 0.3 is 0 Å². The van der Waals surface area contributed by atoms with Crippen molar-refractivity contribution in [1.82, 2.24) is 0 Å². The van der Waals surface area contributed by atoms with Crippen molar-refractivity contribution in [2.75, 3.05) is 6.61 Å². The normalized spacial score (nSPS) is 35.2. The number of aliphatic hydroxyl groups excluding tert-OH is 1. The van der Waals surface area contributed by atoms with Crippen molar-refractivity contribution in [3.63, 3.8) is 0 Å². The van der Waals surface area contributed by atoms with Gasteiger partial charge in [-0.05, 0) is 31.1 Å². The van der Waals surface area contributed by atoms with Gasteiger partial charge in [0.05, 0.1) is 0 Å². The minimum atomic E-state index is 0.250. The summed E-state index contributed by atoms with van der Waals surface area (Å²) in [5.74, 6) is 2.96. The van der Waals surface area contributed by atoms with E-state index in [2.05, 4.69) is 20.8 Å². The van der Waals surface area contributed by atoms with Crippen LogP contribution in [-0.4, -0.2) is 11.7 Å².